The highest BCUT2D eigenvalue weighted by molar-refractivity contribution is 7.98. The first-order valence-corrected chi connectivity index (χ1v) is 10.6. The fourth-order valence-corrected chi connectivity index (χ4v) is 3.44. The standard InChI is InChI=1S/C17H29N5O6S/c1-9(20-15(25)10(18)8-13(19)23)14(24)21-11(5-7-29-2)16(26)22-6-3-4-12(22)17(27)28/h9-12H,3-8,18H2,1-2H3,(H2,19,23)(H,20,25)(H,21,24)(H,27,28). The van der Waals surface area contributed by atoms with Crippen LogP contribution in [-0.4, -0.2) is 82.3 Å². The second-order valence-electron chi connectivity index (χ2n) is 6.88. The van der Waals surface area contributed by atoms with Crippen LogP contribution in [0.3, 0.4) is 0 Å². The lowest BCUT2D eigenvalue weighted by molar-refractivity contribution is -0.149. The molecule has 0 aliphatic carbocycles. The summed E-state index contributed by atoms with van der Waals surface area (Å²) in [4.78, 5) is 60.8. The quantitative estimate of drug-likeness (QED) is 0.249. The lowest BCUT2D eigenvalue weighted by Gasteiger charge is -2.28. The number of hydrogen-bond donors (Lipinski definition) is 5. The number of carboxylic acid groups (broad SMARTS) is 1. The van der Waals surface area contributed by atoms with Gasteiger partial charge in [0.15, 0.2) is 0 Å². The molecule has 1 fully saturated rings. The Bertz CT molecular complexity index is 646. The van der Waals surface area contributed by atoms with Gasteiger partial charge in [-0.25, -0.2) is 4.79 Å². The molecule has 1 rings (SSSR count). The molecule has 1 heterocycles. The molecule has 1 saturated heterocycles. The van der Waals surface area contributed by atoms with Crippen LogP contribution in [0.15, 0.2) is 0 Å². The van der Waals surface area contributed by atoms with Gasteiger partial charge in [-0.1, -0.05) is 0 Å². The third-order valence-corrected chi connectivity index (χ3v) is 5.20. The van der Waals surface area contributed by atoms with Gasteiger partial charge in [0.2, 0.25) is 23.6 Å². The Morgan fingerprint density at radius 3 is 2.41 bits per heavy atom. The summed E-state index contributed by atoms with van der Waals surface area (Å²) in [5.74, 6) is -3.03. The van der Waals surface area contributed by atoms with Gasteiger partial charge in [0, 0.05) is 6.54 Å². The van der Waals surface area contributed by atoms with Crippen LogP contribution in [-0.2, 0) is 24.0 Å². The third-order valence-electron chi connectivity index (χ3n) is 4.56. The summed E-state index contributed by atoms with van der Waals surface area (Å²) in [6, 6.07) is -4.01. The average molecular weight is 432 g/mol. The van der Waals surface area contributed by atoms with E-state index in [1.807, 2.05) is 6.26 Å². The molecule has 0 aromatic rings. The number of carbonyl (C=O) groups is 5. The van der Waals surface area contributed by atoms with Gasteiger partial charge in [-0.2, -0.15) is 11.8 Å². The first kappa shape index (κ1) is 24.7. The Labute approximate surface area is 173 Å². The van der Waals surface area contributed by atoms with Crippen LogP contribution >= 0.6 is 11.8 Å². The molecule has 0 bridgehead atoms. The van der Waals surface area contributed by atoms with Gasteiger partial charge in [0.05, 0.1) is 12.5 Å². The minimum Gasteiger partial charge on any atom is -0.480 e. The topological polar surface area (TPSA) is 185 Å². The van der Waals surface area contributed by atoms with Crippen LogP contribution in [0.1, 0.15) is 32.6 Å². The fourth-order valence-electron chi connectivity index (χ4n) is 2.97. The molecule has 11 nitrogen and oxygen atoms in total. The van der Waals surface area contributed by atoms with E-state index in [2.05, 4.69) is 10.6 Å². The van der Waals surface area contributed by atoms with Crippen molar-refractivity contribution in [3.63, 3.8) is 0 Å². The number of nitrogens with zero attached hydrogens (tertiary/aromatic N) is 1. The van der Waals surface area contributed by atoms with Gasteiger partial charge in [-0.3, -0.25) is 19.2 Å². The van der Waals surface area contributed by atoms with E-state index in [-0.39, 0.29) is 6.42 Å². The Kier molecular flexibility index (Phi) is 9.89. The zero-order valence-corrected chi connectivity index (χ0v) is 17.4. The highest BCUT2D eigenvalue weighted by atomic mass is 32.2. The van der Waals surface area contributed by atoms with Crippen molar-refractivity contribution in [1.82, 2.24) is 15.5 Å². The first-order valence-electron chi connectivity index (χ1n) is 9.25. The second-order valence-corrected chi connectivity index (χ2v) is 7.86. The number of primary amides is 1. The van der Waals surface area contributed by atoms with E-state index in [0.717, 1.165) is 0 Å². The van der Waals surface area contributed by atoms with Gasteiger partial charge in [0.25, 0.3) is 0 Å². The summed E-state index contributed by atoms with van der Waals surface area (Å²) in [7, 11) is 0. The molecule has 0 aromatic heterocycles. The van der Waals surface area contributed by atoms with E-state index >= 15 is 0 Å². The van der Waals surface area contributed by atoms with E-state index in [1.165, 1.54) is 23.6 Å². The maximum Gasteiger partial charge on any atom is 0.326 e. The number of carbonyl (C=O) groups excluding carboxylic acids is 4. The number of aliphatic carboxylic acids is 1. The number of amides is 4. The summed E-state index contributed by atoms with van der Waals surface area (Å²) in [5.41, 5.74) is 10.5. The van der Waals surface area contributed by atoms with E-state index in [1.54, 1.807) is 0 Å². The predicted octanol–water partition coefficient (Wildman–Crippen LogP) is -1.99. The van der Waals surface area contributed by atoms with Crippen LogP contribution < -0.4 is 22.1 Å². The van der Waals surface area contributed by atoms with E-state index in [9.17, 15) is 29.1 Å². The van der Waals surface area contributed by atoms with Gasteiger partial charge in [-0.05, 0) is 38.2 Å². The molecule has 0 spiro atoms. The predicted molar refractivity (Wildman–Crippen MR) is 107 cm³/mol. The number of likely N-dealkylation sites (tertiary alicyclic amines) is 1. The molecule has 1 aliphatic heterocycles. The molecule has 7 N–H and O–H groups in total. The lowest BCUT2D eigenvalue weighted by Crippen LogP contribution is -2.56. The van der Waals surface area contributed by atoms with Crippen LogP contribution in [0.5, 0.6) is 0 Å². The van der Waals surface area contributed by atoms with Crippen molar-refractivity contribution < 1.29 is 29.1 Å². The number of nitrogens with one attached hydrogen (secondary N) is 2. The van der Waals surface area contributed by atoms with Crippen molar-refractivity contribution >= 4 is 41.4 Å². The van der Waals surface area contributed by atoms with Gasteiger partial charge in [0.1, 0.15) is 18.1 Å². The van der Waals surface area contributed by atoms with Gasteiger partial charge in [-0.15, -0.1) is 0 Å². The minimum absolute atomic E-state index is 0.315. The van der Waals surface area contributed by atoms with Crippen molar-refractivity contribution in [2.75, 3.05) is 18.6 Å². The number of nitrogens with two attached hydrogens (primary N) is 2. The van der Waals surface area contributed by atoms with E-state index < -0.39 is 53.8 Å². The molecule has 0 saturated carbocycles. The normalized spacial score (nSPS) is 19.1. The molecule has 164 valence electrons. The monoisotopic (exact) mass is 431 g/mol. The fraction of sp³-hybridized carbons (Fsp3) is 0.706. The molecule has 4 amide bonds. The Balaban J connectivity index is 2.77. The summed E-state index contributed by atoms with van der Waals surface area (Å²) >= 11 is 1.48. The second kappa shape index (κ2) is 11.6. The molecule has 12 heteroatoms. The first-order chi connectivity index (χ1) is 13.6. The SMILES string of the molecule is CSCCC(NC(=O)C(C)NC(=O)C(N)CC(N)=O)C(=O)N1CCCC1C(=O)O. The molecule has 1 aliphatic rings. The molecule has 0 radical (unpaired) electrons. The molecular weight excluding hydrogens is 402 g/mol. The number of carboxylic acids is 1. The van der Waals surface area contributed by atoms with E-state index in [4.69, 9.17) is 11.5 Å². The highest BCUT2D eigenvalue weighted by Gasteiger charge is 2.37. The van der Waals surface area contributed by atoms with Gasteiger partial charge < -0.3 is 32.1 Å². The Morgan fingerprint density at radius 2 is 1.86 bits per heavy atom. The average Bonchev–Trinajstić information content (AvgIpc) is 3.13. The smallest absolute Gasteiger partial charge is 0.326 e. The summed E-state index contributed by atoms with van der Waals surface area (Å²) in [6.07, 6.45) is 2.75. The van der Waals surface area contributed by atoms with Crippen LogP contribution in [0.25, 0.3) is 0 Å². The maximum atomic E-state index is 12.9. The summed E-state index contributed by atoms with van der Waals surface area (Å²) < 4.78 is 0. The van der Waals surface area contributed by atoms with Crippen LogP contribution in [0.4, 0.5) is 0 Å². The number of hydrogen-bond acceptors (Lipinski definition) is 7. The van der Waals surface area contributed by atoms with Crippen molar-refractivity contribution in [3.05, 3.63) is 0 Å². The van der Waals surface area contributed by atoms with E-state index in [0.29, 0.717) is 31.6 Å². The Hall–Kier alpha value is -2.34. The van der Waals surface area contributed by atoms with Crippen molar-refractivity contribution in [3.8, 4) is 0 Å². The molecule has 4 atom stereocenters. The van der Waals surface area contributed by atoms with Gasteiger partial charge >= 0.3 is 5.97 Å². The molecule has 29 heavy (non-hydrogen) atoms. The maximum absolute atomic E-state index is 12.9. The number of thioether (sulfide) groups is 1. The summed E-state index contributed by atoms with van der Waals surface area (Å²) in [6.45, 7) is 1.73. The zero-order chi connectivity index (χ0) is 22.1. The molecule has 4 unspecified atom stereocenters. The largest absolute Gasteiger partial charge is 0.480 e. The van der Waals surface area contributed by atoms with Crippen LogP contribution in [0, 0.1) is 0 Å². The Morgan fingerprint density at radius 1 is 1.21 bits per heavy atom. The van der Waals surface area contributed by atoms with Crippen molar-refractivity contribution in [1.29, 1.82) is 0 Å². The molecular formula is C17H29N5O6S. The number of rotatable bonds is 11. The van der Waals surface area contributed by atoms with Crippen molar-refractivity contribution in [2.24, 2.45) is 11.5 Å². The molecule has 0 aromatic carbocycles. The zero-order valence-electron chi connectivity index (χ0n) is 16.6. The summed E-state index contributed by atoms with van der Waals surface area (Å²) in [5, 5.41) is 14.3. The van der Waals surface area contributed by atoms with Crippen molar-refractivity contribution in [2.45, 2.75) is 56.8 Å². The highest BCUT2D eigenvalue weighted by Crippen LogP contribution is 2.19. The minimum atomic E-state index is -1.18. The van der Waals surface area contributed by atoms with Crippen LogP contribution in [0.2, 0.25) is 0 Å². The lowest BCUT2D eigenvalue weighted by atomic mass is 10.1. The third kappa shape index (κ3) is 7.54.